The molecule has 122 valence electrons. The van der Waals surface area contributed by atoms with Crippen molar-refractivity contribution in [2.75, 3.05) is 5.75 Å². The zero-order chi connectivity index (χ0) is 16.1. The van der Waals surface area contributed by atoms with Crippen molar-refractivity contribution in [3.05, 3.63) is 30.2 Å². The van der Waals surface area contributed by atoms with Crippen LogP contribution in [0.25, 0.3) is 10.7 Å². The first-order valence-electron chi connectivity index (χ1n) is 7.78. The number of hydrogen-bond acceptors (Lipinski definition) is 5. The van der Waals surface area contributed by atoms with Gasteiger partial charge in [0, 0.05) is 12.6 Å². The zero-order valence-corrected chi connectivity index (χ0v) is 14.5. The van der Waals surface area contributed by atoms with Gasteiger partial charge in [0.25, 0.3) is 0 Å². The van der Waals surface area contributed by atoms with E-state index in [9.17, 15) is 4.79 Å². The SMILES string of the molecule is C=CCn1c(SCC(=O)NC2CCCC2)nnc1-c1cccs1. The summed E-state index contributed by atoms with van der Waals surface area (Å²) in [4.78, 5) is 13.1. The molecule has 0 spiro atoms. The summed E-state index contributed by atoms with van der Waals surface area (Å²) in [7, 11) is 0. The van der Waals surface area contributed by atoms with Crippen molar-refractivity contribution >= 4 is 29.0 Å². The molecule has 2 heterocycles. The van der Waals surface area contributed by atoms with Crippen molar-refractivity contribution in [2.24, 2.45) is 0 Å². The van der Waals surface area contributed by atoms with E-state index in [1.54, 1.807) is 11.3 Å². The molecule has 0 saturated heterocycles. The molecule has 1 aliphatic rings. The number of rotatable bonds is 7. The van der Waals surface area contributed by atoms with E-state index in [2.05, 4.69) is 22.1 Å². The molecule has 0 radical (unpaired) electrons. The summed E-state index contributed by atoms with van der Waals surface area (Å²) < 4.78 is 2.01. The Bertz CT molecular complexity index is 660. The lowest BCUT2D eigenvalue weighted by molar-refractivity contribution is -0.119. The first-order valence-corrected chi connectivity index (χ1v) is 9.64. The predicted octanol–water partition coefficient (Wildman–Crippen LogP) is 3.34. The number of nitrogens with zero attached hydrogens (tertiary/aromatic N) is 3. The standard InChI is InChI=1S/C16H20N4OS2/c1-2-9-20-15(13-8-5-10-22-13)18-19-16(20)23-11-14(21)17-12-6-3-4-7-12/h2,5,8,10,12H,1,3-4,6-7,9,11H2,(H,17,21). The second kappa shape index (κ2) is 7.79. The van der Waals surface area contributed by atoms with Crippen LogP contribution < -0.4 is 5.32 Å². The Morgan fingerprint density at radius 2 is 2.30 bits per heavy atom. The van der Waals surface area contributed by atoms with Gasteiger partial charge in [0.2, 0.25) is 5.91 Å². The van der Waals surface area contributed by atoms with Crippen LogP contribution in [0.4, 0.5) is 0 Å². The normalized spacial score (nSPS) is 15.0. The highest BCUT2D eigenvalue weighted by Crippen LogP contribution is 2.27. The minimum atomic E-state index is 0.0766. The molecule has 0 aromatic carbocycles. The Balaban J connectivity index is 1.65. The second-order valence-corrected chi connectivity index (χ2v) is 7.41. The molecule has 0 atom stereocenters. The van der Waals surface area contributed by atoms with E-state index < -0.39 is 0 Å². The monoisotopic (exact) mass is 348 g/mol. The maximum Gasteiger partial charge on any atom is 0.230 e. The molecule has 7 heteroatoms. The fraction of sp³-hybridized carbons (Fsp3) is 0.438. The van der Waals surface area contributed by atoms with Crippen molar-refractivity contribution in [3.8, 4) is 10.7 Å². The Hall–Kier alpha value is -1.60. The van der Waals surface area contributed by atoms with E-state index in [-0.39, 0.29) is 5.91 Å². The van der Waals surface area contributed by atoms with Gasteiger partial charge in [-0.1, -0.05) is 36.7 Å². The molecule has 1 saturated carbocycles. The van der Waals surface area contributed by atoms with E-state index in [4.69, 9.17) is 0 Å². The number of amides is 1. The Labute approximate surface area is 144 Å². The Kier molecular flexibility index (Phi) is 5.51. The molecule has 0 unspecified atom stereocenters. The largest absolute Gasteiger partial charge is 0.353 e. The predicted molar refractivity (Wildman–Crippen MR) is 94.7 cm³/mol. The number of thiophene rings is 1. The van der Waals surface area contributed by atoms with Crippen LogP contribution in [0.3, 0.4) is 0 Å². The fourth-order valence-corrected chi connectivity index (χ4v) is 4.22. The van der Waals surface area contributed by atoms with Crippen molar-refractivity contribution in [1.82, 2.24) is 20.1 Å². The topological polar surface area (TPSA) is 59.8 Å². The smallest absolute Gasteiger partial charge is 0.230 e. The molecule has 2 aromatic rings. The summed E-state index contributed by atoms with van der Waals surface area (Å²) in [5, 5.41) is 14.4. The van der Waals surface area contributed by atoms with E-state index in [1.165, 1.54) is 24.6 Å². The zero-order valence-electron chi connectivity index (χ0n) is 12.9. The highest BCUT2D eigenvalue weighted by molar-refractivity contribution is 7.99. The molecule has 5 nitrogen and oxygen atoms in total. The van der Waals surface area contributed by atoms with E-state index in [1.807, 2.05) is 28.2 Å². The third-order valence-electron chi connectivity index (χ3n) is 3.82. The summed E-state index contributed by atoms with van der Waals surface area (Å²) in [5.74, 6) is 1.28. The van der Waals surface area contributed by atoms with Crippen molar-refractivity contribution in [3.63, 3.8) is 0 Å². The number of carbonyl (C=O) groups excluding carboxylic acids is 1. The molecule has 1 aliphatic carbocycles. The Morgan fingerprint density at radius 1 is 1.48 bits per heavy atom. The lowest BCUT2D eigenvalue weighted by Gasteiger charge is -2.11. The highest BCUT2D eigenvalue weighted by atomic mass is 32.2. The molecule has 0 aliphatic heterocycles. The maximum atomic E-state index is 12.1. The number of nitrogens with one attached hydrogen (secondary N) is 1. The molecular formula is C16H20N4OS2. The maximum absolute atomic E-state index is 12.1. The van der Waals surface area contributed by atoms with Gasteiger partial charge in [-0.15, -0.1) is 28.1 Å². The van der Waals surface area contributed by atoms with Crippen molar-refractivity contribution in [1.29, 1.82) is 0 Å². The molecule has 1 amide bonds. The molecule has 2 aromatic heterocycles. The van der Waals surface area contributed by atoms with Crippen LogP contribution in [-0.4, -0.2) is 32.5 Å². The third kappa shape index (κ3) is 4.03. The van der Waals surface area contributed by atoms with Crippen LogP contribution in [0.1, 0.15) is 25.7 Å². The van der Waals surface area contributed by atoms with E-state index in [0.29, 0.717) is 18.3 Å². The number of hydrogen-bond donors (Lipinski definition) is 1. The van der Waals surface area contributed by atoms with Gasteiger partial charge in [0.15, 0.2) is 11.0 Å². The van der Waals surface area contributed by atoms with Gasteiger partial charge in [-0.05, 0) is 24.3 Å². The van der Waals surface area contributed by atoms with Crippen molar-refractivity contribution < 1.29 is 4.79 Å². The number of allylic oxidation sites excluding steroid dienone is 1. The van der Waals surface area contributed by atoms with Crippen LogP contribution in [0.5, 0.6) is 0 Å². The third-order valence-corrected chi connectivity index (χ3v) is 5.66. The second-order valence-electron chi connectivity index (χ2n) is 5.52. The summed E-state index contributed by atoms with van der Waals surface area (Å²) in [5.41, 5.74) is 0. The van der Waals surface area contributed by atoms with Crippen LogP contribution >= 0.6 is 23.1 Å². The van der Waals surface area contributed by atoms with E-state index >= 15 is 0 Å². The van der Waals surface area contributed by atoms with E-state index in [0.717, 1.165) is 28.7 Å². The minimum absolute atomic E-state index is 0.0766. The molecule has 0 bridgehead atoms. The van der Waals surface area contributed by atoms with Gasteiger partial charge in [0.05, 0.1) is 10.6 Å². The van der Waals surface area contributed by atoms with Gasteiger partial charge in [-0.3, -0.25) is 9.36 Å². The first-order chi connectivity index (χ1) is 11.3. The van der Waals surface area contributed by atoms with Gasteiger partial charge < -0.3 is 5.32 Å². The molecule has 23 heavy (non-hydrogen) atoms. The fourth-order valence-electron chi connectivity index (χ4n) is 2.75. The van der Waals surface area contributed by atoms with Crippen LogP contribution in [0, 0.1) is 0 Å². The molecule has 1 N–H and O–H groups in total. The van der Waals surface area contributed by atoms with Crippen molar-refractivity contribution in [2.45, 2.75) is 43.4 Å². The van der Waals surface area contributed by atoms with Gasteiger partial charge in [0.1, 0.15) is 0 Å². The van der Waals surface area contributed by atoms with Crippen LogP contribution in [-0.2, 0) is 11.3 Å². The first kappa shape index (κ1) is 16.3. The Morgan fingerprint density at radius 3 is 3.00 bits per heavy atom. The highest BCUT2D eigenvalue weighted by Gasteiger charge is 2.19. The molecule has 1 fully saturated rings. The summed E-state index contributed by atoms with van der Waals surface area (Å²) >= 11 is 3.06. The summed E-state index contributed by atoms with van der Waals surface area (Å²) in [6.45, 7) is 4.43. The molecular weight excluding hydrogens is 328 g/mol. The van der Waals surface area contributed by atoms with Crippen LogP contribution in [0.2, 0.25) is 0 Å². The summed E-state index contributed by atoms with van der Waals surface area (Å²) in [6.07, 6.45) is 6.46. The quantitative estimate of drug-likeness (QED) is 0.616. The molecule has 3 rings (SSSR count). The van der Waals surface area contributed by atoms with Crippen LogP contribution in [0.15, 0.2) is 35.3 Å². The minimum Gasteiger partial charge on any atom is -0.353 e. The van der Waals surface area contributed by atoms with Gasteiger partial charge in [-0.2, -0.15) is 0 Å². The lowest BCUT2D eigenvalue weighted by atomic mass is 10.2. The average Bonchev–Trinajstić information content (AvgIpc) is 3.27. The number of aromatic nitrogens is 3. The van der Waals surface area contributed by atoms with Gasteiger partial charge >= 0.3 is 0 Å². The number of thioether (sulfide) groups is 1. The van der Waals surface area contributed by atoms with Gasteiger partial charge in [-0.25, -0.2) is 0 Å². The summed E-state index contributed by atoms with van der Waals surface area (Å²) in [6, 6.07) is 4.38. The lowest BCUT2D eigenvalue weighted by Crippen LogP contribution is -2.33. The number of carbonyl (C=O) groups is 1. The average molecular weight is 348 g/mol.